The fourth-order valence-corrected chi connectivity index (χ4v) is 1.32. The van der Waals surface area contributed by atoms with Gasteiger partial charge in [-0.15, -0.1) is 0 Å². The number of carbonyl (C=O) groups is 1. The van der Waals surface area contributed by atoms with E-state index in [-0.39, 0.29) is 22.7 Å². The molecule has 0 aromatic heterocycles. The van der Waals surface area contributed by atoms with Crippen LogP contribution in [0.2, 0.25) is 5.02 Å². The van der Waals surface area contributed by atoms with Crippen molar-refractivity contribution >= 4 is 17.5 Å². The molecule has 1 aromatic carbocycles. The lowest BCUT2D eigenvalue weighted by Crippen LogP contribution is -2.20. The third kappa shape index (κ3) is 1.86. The minimum absolute atomic E-state index is 0.0322. The molecule has 0 radical (unpaired) electrons. The number of hydrogen-bond donors (Lipinski definition) is 2. The lowest BCUT2D eigenvalue weighted by atomic mass is 10.1. The molecule has 0 saturated heterocycles. The molecule has 0 fully saturated rings. The summed E-state index contributed by atoms with van der Waals surface area (Å²) in [5.41, 5.74) is 5.42. The Bertz CT molecular complexity index is 368. The van der Waals surface area contributed by atoms with Gasteiger partial charge in [0, 0.05) is 24.2 Å². The van der Waals surface area contributed by atoms with Gasteiger partial charge in [0.25, 0.3) is 5.91 Å². The summed E-state index contributed by atoms with van der Waals surface area (Å²) in [6.07, 6.45) is 0. The molecule has 0 atom stereocenters. The Hall–Kier alpha value is -1.13. The zero-order valence-corrected chi connectivity index (χ0v) is 8.36. The molecule has 0 aliphatic heterocycles. The van der Waals surface area contributed by atoms with E-state index in [1.165, 1.54) is 19.2 Å². The Labute approximate surface area is 86.0 Å². The summed E-state index contributed by atoms with van der Waals surface area (Å²) >= 11 is 5.70. The average Bonchev–Trinajstić information content (AvgIpc) is 2.18. The predicted octanol–water partition coefficient (Wildman–Crippen LogP) is 1.30. The molecule has 0 saturated carbocycles. The maximum Gasteiger partial charge on any atom is 0.254 e. The Morgan fingerprint density at radius 2 is 2.29 bits per heavy atom. The van der Waals surface area contributed by atoms with Crippen LogP contribution in [-0.2, 0) is 6.54 Å². The van der Waals surface area contributed by atoms with Gasteiger partial charge in [-0.3, -0.25) is 4.79 Å². The van der Waals surface area contributed by atoms with Crippen LogP contribution in [0.1, 0.15) is 15.9 Å². The normalized spacial score (nSPS) is 10.0. The van der Waals surface area contributed by atoms with Gasteiger partial charge in [-0.2, -0.15) is 0 Å². The molecule has 0 unspecified atom stereocenters. The van der Waals surface area contributed by atoms with Crippen LogP contribution < -0.4 is 11.1 Å². The number of nitrogens with one attached hydrogen (secondary N) is 1. The van der Waals surface area contributed by atoms with Crippen molar-refractivity contribution in [3.8, 4) is 0 Å². The molecule has 14 heavy (non-hydrogen) atoms. The zero-order valence-electron chi connectivity index (χ0n) is 7.60. The van der Waals surface area contributed by atoms with Crippen LogP contribution in [0, 0.1) is 5.82 Å². The molecule has 0 bridgehead atoms. The van der Waals surface area contributed by atoms with E-state index in [0.717, 1.165) is 0 Å². The largest absolute Gasteiger partial charge is 0.355 e. The maximum absolute atomic E-state index is 13.5. The summed E-state index contributed by atoms with van der Waals surface area (Å²) in [6.45, 7) is -0.0322. The highest BCUT2D eigenvalue weighted by molar-refractivity contribution is 6.31. The van der Waals surface area contributed by atoms with E-state index in [0.29, 0.717) is 0 Å². The number of halogens is 2. The minimum atomic E-state index is -0.653. The van der Waals surface area contributed by atoms with Gasteiger partial charge >= 0.3 is 0 Å². The van der Waals surface area contributed by atoms with E-state index in [9.17, 15) is 9.18 Å². The van der Waals surface area contributed by atoms with Crippen molar-refractivity contribution in [3.05, 3.63) is 34.1 Å². The number of nitrogens with two attached hydrogens (primary N) is 1. The highest BCUT2D eigenvalue weighted by atomic mass is 35.5. The smallest absolute Gasteiger partial charge is 0.254 e. The Morgan fingerprint density at radius 3 is 2.79 bits per heavy atom. The van der Waals surface area contributed by atoms with Crippen molar-refractivity contribution < 1.29 is 9.18 Å². The number of carbonyl (C=O) groups excluding carboxylic acids is 1. The monoisotopic (exact) mass is 216 g/mol. The second-order valence-corrected chi connectivity index (χ2v) is 3.08. The molecule has 3 nitrogen and oxygen atoms in total. The molecule has 0 spiro atoms. The van der Waals surface area contributed by atoms with Crippen molar-refractivity contribution in [2.45, 2.75) is 6.54 Å². The van der Waals surface area contributed by atoms with Crippen molar-refractivity contribution in [3.63, 3.8) is 0 Å². The van der Waals surface area contributed by atoms with E-state index in [4.69, 9.17) is 17.3 Å². The second-order valence-electron chi connectivity index (χ2n) is 2.67. The van der Waals surface area contributed by atoms with E-state index in [1.807, 2.05) is 0 Å². The molecule has 0 heterocycles. The zero-order chi connectivity index (χ0) is 10.7. The maximum atomic E-state index is 13.5. The molecular formula is C9H10ClFN2O. The molecule has 3 N–H and O–H groups in total. The molecule has 0 aliphatic rings. The number of hydrogen-bond acceptors (Lipinski definition) is 2. The van der Waals surface area contributed by atoms with Crippen LogP contribution in [0.25, 0.3) is 0 Å². The topological polar surface area (TPSA) is 55.1 Å². The lowest BCUT2D eigenvalue weighted by Gasteiger charge is -2.07. The SMILES string of the molecule is CNC(=O)c1ccc(Cl)c(CN)c1F. The van der Waals surface area contributed by atoms with Gasteiger partial charge in [-0.05, 0) is 12.1 Å². The molecule has 76 valence electrons. The van der Waals surface area contributed by atoms with Gasteiger partial charge < -0.3 is 11.1 Å². The van der Waals surface area contributed by atoms with Gasteiger partial charge in [-0.1, -0.05) is 11.6 Å². The van der Waals surface area contributed by atoms with Crippen LogP contribution in [-0.4, -0.2) is 13.0 Å². The molecule has 5 heteroatoms. The van der Waals surface area contributed by atoms with Gasteiger partial charge in [-0.25, -0.2) is 4.39 Å². The first-order chi connectivity index (χ1) is 6.61. The number of amides is 1. The summed E-state index contributed by atoms with van der Waals surface area (Å²) < 4.78 is 13.5. The fourth-order valence-electron chi connectivity index (χ4n) is 1.09. The van der Waals surface area contributed by atoms with Crippen molar-refractivity contribution in [1.82, 2.24) is 5.32 Å². The van der Waals surface area contributed by atoms with E-state index >= 15 is 0 Å². The third-order valence-electron chi connectivity index (χ3n) is 1.86. The second kappa shape index (κ2) is 4.39. The van der Waals surface area contributed by atoms with E-state index < -0.39 is 11.7 Å². The van der Waals surface area contributed by atoms with Gasteiger partial charge in [0.05, 0.1) is 5.56 Å². The quantitative estimate of drug-likeness (QED) is 0.783. The summed E-state index contributed by atoms with van der Waals surface area (Å²) in [5.74, 6) is -1.15. The van der Waals surface area contributed by atoms with Crippen LogP contribution in [0.3, 0.4) is 0 Å². The third-order valence-corrected chi connectivity index (χ3v) is 2.22. The van der Waals surface area contributed by atoms with Crippen LogP contribution in [0.15, 0.2) is 12.1 Å². The highest BCUT2D eigenvalue weighted by Gasteiger charge is 2.15. The van der Waals surface area contributed by atoms with Crippen molar-refractivity contribution in [2.75, 3.05) is 7.05 Å². The molecule has 0 aliphatic carbocycles. The van der Waals surface area contributed by atoms with Crippen molar-refractivity contribution in [1.29, 1.82) is 0 Å². The Kier molecular flexibility index (Phi) is 3.43. The Morgan fingerprint density at radius 1 is 1.64 bits per heavy atom. The van der Waals surface area contributed by atoms with Crippen LogP contribution in [0.4, 0.5) is 4.39 Å². The standard InChI is InChI=1S/C9H10ClFN2O/c1-13-9(14)5-2-3-7(10)6(4-12)8(5)11/h2-3H,4,12H2,1H3,(H,13,14). The molecular weight excluding hydrogens is 207 g/mol. The lowest BCUT2D eigenvalue weighted by molar-refractivity contribution is 0.0959. The number of rotatable bonds is 2. The summed E-state index contributed by atoms with van der Waals surface area (Å²) in [5, 5.41) is 2.56. The van der Waals surface area contributed by atoms with Crippen molar-refractivity contribution in [2.24, 2.45) is 5.73 Å². The van der Waals surface area contributed by atoms with Crippen LogP contribution in [0.5, 0.6) is 0 Å². The summed E-state index contributed by atoms with van der Waals surface area (Å²) in [6, 6.07) is 2.78. The van der Waals surface area contributed by atoms with Gasteiger partial charge in [0.2, 0.25) is 0 Å². The average molecular weight is 217 g/mol. The number of benzene rings is 1. The van der Waals surface area contributed by atoms with E-state index in [2.05, 4.69) is 5.32 Å². The fraction of sp³-hybridized carbons (Fsp3) is 0.222. The first-order valence-electron chi connectivity index (χ1n) is 4.00. The Balaban J connectivity index is 3.28. The van der Waals surface area contributed by atoms with Gasteiger partial charge in [0.1, 0.15) is 5.82 Å². The van der Waals surface area contributed by atoms with E-state index in [1.54, 1.807) is 0 Å². The summed E-state index contributed by atoms with van der Waals surface area (Å²) in [7, 11) is 1.43. The molecule has 1 aromatic rings. The first-order valence-corrected chi connectivity index (χ1v) is 4.38. The molecule has 1 amide bonds. The minimum Gasteiger partial charge on any atom is -0.355 e. The van der Waals surface area contributed by atoms with Crippen LogP contribution >= 0.6 is 11.6 Å². The predicted molar refractivity (Wildman–Crippen MR) is 52.7 cm³/mol. The van der Waals surface area contributed by atoms with Gasteiger partial charge in [0.15, 0.2) is 0 Å². The molecule has 1 rings (SSSR count). The first kappa shape index (κ1) is 10.9. The highest BCUT2D eigenvalue weighted by Crippen LogP contribution is 2.21. The summed E-state index contributed by atoms with van der Waals surface area (Å²) in [4.78, 5) is 11.2.